The summed E-state index contributed by atoms with van der Waals surface area (Å²) < 4.78 is 24.2. The van der Waals surface area contributed by atoms with Gasteiger partial charge in [-0.2, -0.15) is 10.2 Å². The average Bonchev–Trinajstić information content (AvgIpc) is 3.06. The molecule has 0 spiro atoms. The molecule has 0 aliphatic heterocycles. The predicted molar refractivity (Wildman–Crippen MR) is 196 cm³/mol. The van der Waals surface area contributed by atoms with Gasteiger partial charge in [-0.15, -0.1) is 0 Å². The first kappa shape index (κ1) is 39.5. The highest BCUT2D eigenvalue weighted by Crippen LogP contribution is 2.17. The molecule has 49 heavy (non-hydrogen) atoms. The highest BCUT2D eigenvalue weighted by molar-refractivity contribution is 6.76. The number of fused-ring (bicyclic) bond motifs is 2. The molecule has 1 unspecified atom stereocenters. The van der Waals surface area contributed by atoms with Crippen molar-refractivity contribution < 1.29 is 28.5 Å². The maximum absolute atomic E-state index is 12.7. The molecule has 14 heteroatoms. The number of aromatic nitrogens is 4. The molecule has 0 radical (unpaired) electrons. The first-order valence-corrected chi connectivity index (χ1v) is 23.8. The molecule has 0 amide bonds. The fourth-order valence-electron chi connectivity index (χ4n) is 4.70. The summed E-state index contributed by atoms with van der Waals surface area (Å²) >= 11 is 0. The number of carbonyl (C=O) groups excluding carboxylic acids is 2. The Morgan fingerprint density at radius 2 is 1.18 bits per heavy atom. The van der Waals surface area contributed by atoms with E-state index in [4.69, 9.17) is 14.2 Å². The zero-order valence-electron chi connectivity index (χ0n) is 30.2. The molecular formula is C35H50N4O8Si2. The van der Waals surface area contributed by atoms with Gasteiger partial charge in [0.1, 0.15) is 30.8 Å². The van der Waals surface area contributed by atoms with Crippen molar-refractivity contribution in [2.75, 3.05) is 27.4 Å². The highest BCUT2D eigenvalue weighted by Gasteiger charge is 2.23. The van der Waals surface area contributed by atoms with E-state index in [0.29, 0.717) is 35.0 Å². The Morgan fingerprint density at radius 1 is 0.714 bits per heavy atom. The minimum absolute atomic E-state index is 0.144. The molecule has 1 atom stereocenters. The van der Waals surface area contributed by atoms with Gasteiger partial charge >= 0.3 is 11.9 Å². The van der Waals surface area contributed by atoms with Crippen molar-refractivity contribution in [2.45, 2.75) is 84.1 Å². The van der Waals surface area contributed by atoms with Gasteiger partial charge in [0.05, 0.1) is 31.7 Å². The minimum Gasteiger partial charge on any atom is -0.469 e. The number of methoxy groups -OCH3 is 2. The molecule has 0 fully saturated rings. The minimum atomic E-state index is -1.17. The monoisotopic (exact) mass is 710 g/mol. The molecular weight excluding hydrogens is 661 g/mol. The van der Waals surface area contributed by atoms with Crippen molar-refractivity contribution in [3.63, 3.8) is 0 Å². The van der Waals surface area contributed by atoms with Crippen LogP contribution in [0.1, 0.15) is 24.2 Å². The summed E-state index contributed by atoms with van der Waals surface area (Å²) in [6.07, 6.45) is -0.144. The van der Waals surface area contributed by atoms with E-state index < -0.39 is 34.0 Å². The van der Waals surface area contributed by atoms with E-state index in [1.54, 1.807) is 40.6 Å². The lowest BCUT2D eigenvalue weighted by atomic mass is 10.1. The van der Waals surface area contributed by atoms with Crippen molar-refractivity contribution in [1.29, 1.82) is 0 Å². The summed E-state index contributed by atoms with van der Waals surface area (Å²) in [5.41, 5.74) is 1.26. The van der Waals surface area contributed by atoms with Crippen LogP contribution in [0.5, 0.6) is 0 Å². The number of para-hydroxylation sites is 2. The summed E-state index contributed by atoms with van der Waals surface area (Å²) in [5.74, 6) is -1.69. The van der Waals surface area contributed by atoms with Crippen LogP contribution in [0.25, 0.3) is 21.8 Å². The molecule has 2 aromatic heterocycles. The van der Waals surface area contributed by atoms with Gasteiger partial charge in [-0.3, -0.25) is 19.2 Å². The second kappa shape index (κ2) is 17.6. The molecule has 4 rings (SSSR count). The lowest BCUT2D eigenvalue weighted by molar-refractivity contribution is -0.142. The first-order chi connectivity index (χ1) is 23.1. The summed E-state index contributed by atoms with van der Waals surface area (Å²) in [7, 11) is 0.263. The lowest BCUT2D eigenvalue weighted by Gasteiger charge is -2.17. The van der Waals surface area contributed by atoms with Crippen LogP contribution >= 0.6 is 0 Å². The van der Waals surface area contributed by atoms with Crippen molar-refractivity contribution in [3.05, 3.63) is 80.4 Å². The Bertz CT molecular complexity index is 1860. The molecule has 12 nitrogen and oxygen atoms in total. The fraction of sp³-hybridized carbons (Fsp3) is 0.486. The first-order valence-electron chi connectivity index (χ1n) is 16.3. The fourth-order valence-corrected chi connectivity index (χ4v) is 6.21. The van der Waals surface area contributed by atoms with Crippen molar-refractivity contribution in [2.24, 2.45) is 0 Å². The zero-order chi connectivity index (χ0) is 36.4. The summed E-state index contributed by atoms with van der Waals surface area (Å²) in [4.78, 5) is 48.5. The Kier molecular flexibility index (Phi) is 14.2. The number of rotatable bonds is 14. The van der Waals surface area contributed by atoms with E-state index in [0.717, 1.165) is 12.1 Å². The van der Waals surface area contributed by atoms with Gasteiger partial charge in [-0.25, -0.2) is 9.36 Å². The third kappa shape index (κ3) is 11.6. The van der Waals surface area contributed by atoms with Crippen LogP contribution in [-0.2, 0) is 48.4 Å². The number of hydrogen-bond donors (Lipinski definition) is 0. The number of esters is 2. The molecule has 4 aromatic rings. The van der Waals surface area contributed by atoms with E-state index in [9.17, 15) is 19.2 Å². The van der Waals surface area contributed by atoms with Crippen LogP contribution in [0.15, 0.2) is 58.1 Å². The summed E-state index contributed by atoms with van der Waals surface area (Å²) in [6, 6.07) is 16.5. The molecule has 0 aliphatic carbocycles. The van der Waals surface area contributed by atoms with Gasteiger partial charge in [0.25, 0.3) is 0 Å². The van der Waals surface area contributed by atoms with Gasteiger partial charge < -0.3 is 18.9 Å². The van der Waals surface area contributed by atoms with Crippen LogP contribution in [-0.4, -0.2) is 75.1 Å². The van der Waals surface area contributed by atoms with Crippen LogP contribution in [0.3, 0.4) is 0 Å². The Morgan fingerprint density at radius 3 is 1.65 bits per heavy atom. The third-order valence-corrected chi connectivity index (χ3v) is 11.2. The quantitative estimate of drug-likeness (QED) is 0.0948. The van der Waals surface area contributed by atoms with E-state index in [1.807, 2.05) is 24.3 Å². The molecule has 266 valence electrons. The maximum Gasteiger partial charge on any atom is 0.314 e. The standard InChI is InChI=1S/C18H26N2O4Si.C17H24N2O4Si/c1-13(18(22)23-2)16-17(21)14-8-6-7-9-15(14)20(19-16)12-24-10-11-25(3,4)5;1-22-16(20)11-14-17(21)13-7-5-6-8-15(13)19(18-14)12-23-9-10-24(2,3)4/h6-9,13H,10-12H2,1-5H3;5-8H,9-12H2,1-4H3. The van der Waals surface area contributed by atoms with E-state index in [1.165, 1.54) is 14.2 Å². The van der Waals surface area contributed by atoms with Crippen LogP contribution in [0.4, 0.5) is 0 Å². The molecule has 2 heterocycles. The largest absolute Gasteiger partial charge is 0.469 e. The SMILES string of the molecule is COC(=O)C(C)c1nn(COCC[Si](C)(C)C)c2ccccc2c1=O.COC(=O)Cc1nn(COCC[Si](C)(C)C)c2ccccc2c1=O. The second-order valence-electron chi connectivity index (χ2n) is 14.2. The number of nitrogens with zero attached hydrogens (tertiary/aromatic N) is 4. The van der Waals surface area contributed by atoms with Crippen LogP contribution < -0.4 is 10.9 Å². The second-order valence-corrected chi connectivity index (χ2v) is 25.5. The van der Waals surface area contributed by atoms with E-state index >= 15 is 0 Å². The van der Waals surface area contributed by atoms with Gasteiger partial charge in [0, 0.05) is 40.1 Å². The third-order valence-electron chi connectivity index (χ3n) is 7.74. The predicted octanol–water partition coefficient (Wildman–Crippen LogP) is 5.41. The average molecular weight is 711 g/mol. The van der Waals surface area contributed by atoms with Crippen molar-refractivity contribution in [3.8, 4) is 0 Å². The smallest absolute Gasteiger partial charge is 0.314 e. The van der Waals surface area contributed by atoms with Crippen molar-refractivity contribution in [1.82, 2.24) is 19.6 Å². The molecule has 2 aromatic carbocycles. The number of carbonyl (C=O) groups is 2. The van der Waals surface area contributed by atoms with E-state index in [-0.39, 0.29) is 42.1 Å². The van der Waals surface area contributed by atoms with Crippen LogP contribution in [0, 0.1) is 0 Å². The normalized spacial score (nSPS) is 12.3. The lowest BCUT2D eigenvalue weighted by Crippen LogP contribution is -2.26. The molecule has 0 aliphatic rings. The van der Waals surface area contributed by atoms with Crippen molar-refractivity contribution >= 4 is 49.9 Å². The Hall–Kier alpha value is -3.99. The zero-order valence-corrected chi connectivity index (χ0v) is 32.2. The molecule has 0 bridgehead atoms. The summed E-state index contributed by atoms with van der Waals surface area (Å²) in [5, 5.41) is 9.76. The molecule has 0 saturated heterocycles. The highest BCUT2D eigenvalue weighted by atomic mass is 28.3. The summed E-state index contributed by atoms with van der Waals surface area (Å²) in [6.45, 7) is 17.2. The van der Waals surface area contributed by atoms with Crippen LogP contribution in [0.2, 0.25) is 51.4 Å². The Labute approximate surface area is 289 Å². The number of hydrogen-bond acceptors (Lipinski definition) is 10. The van der Waals surface area contributed by atoms with Gasteiger partial charge in [-0.05, 0) is 43.3 Å². The van der Waals surface area contributed by atoms with Gasteiger partial charge in [-0.1, -0.05) is 63.5 Å². The Balaban J connectivity index is 0.000000266. The van der Waals surface area contributed by atoms with Gasteiger partial charge in [0.2, 0.25) is 10.9 Å². The number of benzene rings is 2. The number of ether oxygens (including phenoxy) is 4. The topological polar surface area (TPSA) is 141 Å². The molecule has 0 saturated carbocycles. The maximum atomic E-state index is 12.7. The molecule has 0 N–H and O–H groups in total. The van der Waals surface area contributed by atoms with Gasteiger partial charge in [0.15, 0.2) is 0 Å². The van der Waals surface area contributed by atoms with E-state index in [2.05, 4.69) is 54.2 Å².